The molecule has 0 saturated carbocycles. The average molecular weight is 418 g/mol. The van der Waals surface area contributed by atoms with Crippen LogP contribution in [-0.4, -0.2) is 41.7 Å². The number of methoxy groups -OCH3 is 1. The van der Waals surface area contributed by atoms with Crippen molar-refractivity contribution in [3.8, 4) is 5.75 Å². The zero-order chi connectivity index (χ0) is 20.7. The summed E-state index contributed by atoms with van der Waals surface area (Å²) in [5, 5.41) is 3.33. The number of rotatable bonds is 9. The van der Waals surface area contributed by atoms with Crippen molar-refractivity contribution >= 4 is 21.4 Å². The monoisotopic (exact) mass is 417 g/mol. The number of anilines is 2. The lowest BCUT2D eigenvalue weighted by Gasteiger charge is -2.31. The van der Waals surface area contributed by atoms with Gasteiger partial charge in [-0.3, -0.25) is 4.72 Å². The number of piperazine rings is 1. The van der Waals surface area contributed by atoms with Crippen molar-refractivity contribution in [2.75, 3.05) is 42.9 Å². The Morgan fingerprint density at radius 3 is 2.59 bits per heavy atom. The van der Waals surface area contributed by atoms with Crippen molar-refractivity contribution in [1.82, 2.24) is 5.32 Å². The highest BCUT2D eigenvalue weighted by atomic mass is 32.2. The molecule has 1 fully saturated rings. The van der Waals surface area contributed by atoms with E-state index in [1.807, 2.05) is 24.3 Å². The summed E-state index contributed by atoms with van der Waals surface area (Å²) in [5.41, 5.74) is 2.32. The molecule has 1 saturated heterocycles. The fourth-order valence-corrected chi connectivity index (χ4v) is 4.97. The van der Waals surface area contributed by atoms with Gasteiger partial charge in [0.2, 0.25) is 0 Å². The minimum atomic E-state index is -3.67. The van der Waals surface area contributed by atoms with Gasteiger partial charge in [-0.15, -0.1) is 0 Å². The van der Waals surface area contributed by atoms with E-state index in [1.165, 1.54) is 0 Å². The molecule has 0 atom stereocenters. The largest absolute Gasteiger partial charge is 0.495 e. The van der Waals surface area contributed by atoms with Gasteiger partial charge < -0.3 is 15.0 Å². The van der Waals surface area contributed by atoms with Gasteiger partial charge in [0.1, 0.15) is 5.75 Å². The molecular weight excluding hydrogens is 386 g/mol. The standard InChI is InChI=1S/C22H31N3O3S/c1-3-4-5-8-18-9-6-7-10-22(18)29(26,27)24-19-11-12-21(28-2)20(17-19)25-15-13-23-14-16-25/h6-7,9-12,17,23-24H,3-5,8,13-16H2,1-2H3. The third kappa shape index (κ3) is 5.42. The van der Waals surface area contributed by atoms with Gasteiger partial charge >= 0.3 is 0 Å². The lowest BCUT2D eigenvalue weighted by molar-refractivity contribution is 0.413. The van der Waals surface area contributed by atoms with E-state index in [0.717, 1.165) is 68.9 Å². The molecule has 29 heavy (non-hydrogen) atoms. The maximum atomic E-state index is 13.1. The molecule has 1 heterocycles. The van der Waals surface area contributed by atoms with Crippen LogP contribution in [0.1, 0.15) is 31.7 Å². The van der Waals surface area contributed by atoms with Crippen LogP contribution in [0.2, 0.25) is 0 Å². The minimum Gasteiger partial charge on any atom is -0.495 e. The smallest absolute Gasteiger partial charge is 0.262 e. The van der Waals surface area contributed by atoms with Gasteiger partial charge in [0.25, 0.3) is 10.0 Å². The van der Waals surface area contributed by atoms with Crippen LogP contribution in [0.3, 0.4) is 0 Å². The maximum Gasteiger partial charge on any atom is 0.262 e. The second-order valence-corrected chi connectivity index (χ2v) is 8.94. The predicted octanol–water partition coefficient (Wildman–Crippen LogP) is 3.64. The average Bonchev–Trinajstić information content (AvgIpc) is 2.74. The zero-order valence-electron chi connectivity index (χ0n) is 17.3. The van der Waals surface area contributed by atoms with E-state index in [2.05, 4.69) is 21.9 Å². The first kappa shape index (κ1) is 21.5. The van der Waals surface area contributed by atoms with E-state index in [9.17, 15) is 8.42 Å². The summed E-state index contributed by atoms with van der Waals surface area (Å²) in [7, 11) is -2.03. The van der Waals surface area contributed by atoms with E-state index < -0.39 is 10.0 Å². The molecule has 2 aromatic carbocycles. The molecule has 158 valence electrons. The third-order valence-electron chi connectivity index (χ3n) is 5.20. The molecule has 2 aromatic rings. The first-order valence-electron chi connectivity index (χ1n) is 10.3. The number of unbranched alkanes of at least 4 members (excludes halogenated alkanes) is 2. The second kappa shape index (κ2) is 9.98. The summed E-state index contributed by atoms with van der Waals surface area (Å²) < 4.78 is 34.5. The van der Waals surface area contributed by atoms with Gasteiger partial charge in [-0.25, -0.2) is 8.42 Å². The fraction of sp³-hybridized carbons (Fsp3) is 0.455. The molecule has 0 spiro atoms. The van der Waals surface area contributed by atoms with E-state index in [-0.39, 0.29) is 0 Å². The number of nitrogens with zero attached hydrogens (tertiary/aromatic N) is 1. The number of sulfonamides is 1. The van der Waals surface area contributed by atoms with Crippen molar-refractivity contribution < 1.29 is 13.2 Å². The highest BCUT2D eigenvalue weighted by Gasteiger charge is 2.20. The van der Waals surface area contributed by atoms with Gasteiger partial charge in [0, 0.05) is 26.2 Å². The summed E-state index contributed by atoms with van der Waals surface area (Å²) in [5.74, 6) is 0.745. The van der Waals surface area contributed by atoms with Crippen LogP contribution in [0.25, 0.3) is 0 Å². The molecule has 2 N–H and O–H groups in total. The number of hydrogen-bond donors (Lipinski definition) is 2. The molecule has 1 aliphatic heterocycles. The van der Waals surface area contributed by atoms with Gasteiger partial charge in [-0.05, 0) is 42.7 Å². The predicted molar refractivity (Wildman–Crippen MR) is 119 cm³/mol. The summed E-state index contributed by atoms with van der Waals surface area (Å²) in [6, 6.07) is 12.7. The normalized spacial score (nSPS) is 14.6. The maximum absolute atomic E-state index is 13.1. The Morgan fingerprint density at radius 2 is 1.86 bits per heavy atom. The van der Waals surface area contributed by atoms with Gasteiger partial charge in [-0.1, -0.05) is 38.0 Å². The summed E-state index contributed by atoms with van der Waals surface area (Å²) in [6.45, 7) is 5.64. The summed E-state index contributed by atoms with van der Waals surface area (Å²) >= 11 is 0. The van der Waals surface area contributed by atoms with E-state index >= 15 is 0 Å². The van der Waals surface area contributed by atoms with Crippen molar-refractivity contribution in [3.63, 3.8) is 0 Å². The van der Waals surface area contributed by atoms with E-state index in [1.54, 1.807) is 25.3 Å². The Balaban J connectivity index is 1.85. The highest BCUT2D eigenvalue weighted by Crippen LogP contribution is 2.32. The van der Waals surface area contributed by atoms with Crippen molar-refractivity contribution in [2.45, 2.75) is 37.5 Å². The first-order valence-corrected chi connectivity index (χ1v) is 11.8. The molecule has 0 bridgehead atoms. The van der Waals surface area contributed by atoms with Crippen molar-refractivity contribution in [2.24, 2.45) is 0 Å². The summed E-state index contributed by atoms with van der Waals surface area (Å²) in [6.07, 6.45) is 3.94. The number of hydrogen-bond acceptors (Lipinski definition) is 5. The Labute approximate surface area is 174 Å². The molecule has 0 amide bonds. The molecule has 0 aromatic heterocycles. The van der Waals surface area contributed by atoms with Crippen LogP contribution in [-0.2, 0) is 16.4 Å². The van der Waals surface area contributed by atoms with Crippen molar-refractivity contribution in [1.29, 1.82) is 0 Å². The molecule has 0 unspecified atom stereocenters. The van der Waals surface area contributed by atoms with Crippen LogP contribution in [0.5, 0.6) is 5.75 Å². The quantitative estimate of drug-likeness (QED) is 0.610. The van der Waals surface area contributed by atoms with Crippen LogP contribution in [0, 0.1) is 0 Å². The molecule has 0 radical (unpaired) electrons. The third-order valence-corrected chi connectivity index (χ3v) is 6.68. The second-order valence-electron chi connectivity index (χ2n) is 7.29. The van der Waals surface area contributed by atoms with Crippen LogP contribution in [0.15, 0.2) is 47.4 Å². The van der Waals surface area contributed by atoms with Crippen molar-refractivity contribution in [3.05, 3.63) is 48.0 Å². The van der Waals surface area contributed by atoms with Gasteiger partial charge in [0.05, 0.1) is 23.4 Å². The molecular formula is C22H31N3O3S. The highest BCUT2D eigenvalue weighted by molar-refractivity contribution is 7.92. The Kier molecular flexibility index (Phi) is 7.39. The lowest BCUT2D eigenvalue weighted by atomic mass is 10.1. The molecule has 1 aliphatic rings. The minimum absolute atomic E-state index is 0.357. The van der Waals surface area contributed by atoms with E-state index in [0.29, 0.717) is 10.6 Å². The molecule has 0 aliphatic carbocycles. The van der Waals surface area contributed by atoms with Crippen LogP contribution < -0.4 is 19.7 Å². The number of ether oxygens (including phenoxy) is 1. The Bertz CT molecular complexity index is 909. The van der Waals surface area contributed by atoms with Crippen LogP contribution >= 0.6 is 0 Å². The number of aryl methyl sites for hydroxylation is 1. The zero-order valence-corrected chi connectivity index (χ0v) is 18.1. The first-order chi connectivity index (χ1) is 14.0. The SMILES string of the molecule is CCCCCc1ccccc1S(=O)(=O)Nc1ccc(OC)c(N2CCNCC2)c1. The topological polar surface area (TPSA) is 70.7 Å². The molecule has 7 heteroatoms. The Morgan fingerprint density at radius 1 is 1.10 bits per heavy atom. The molecule has 3 rings (SSSR count). The summed E-state index contributed by atoms with van der Waals surface area (Å²) in [4.78, 5) is 2.57. The number of benzene rings is 2. The number of nitrogens with one attached hydrogen (secondary N) is 2. The van der Waals surface area contributed by atoms with Gasteiger partial charge in [-0.2, -0.15) is 0 Å². The molecule has 6 nitrogen and oxygen atoms in total. The fourth-order valence-electron chi connectivity index (χ4n) is 3.65. The Hall–Kier alpha value is -2.25. The van der Waals surface area contributed by atoms with E-state index in [4.69, 9.17) is 4.74 Å². The lowest BCUT2D eigenvalue weighted by Crippen LogP contribution is -2.43. The van der Waals surface area contributed by atoms with Gasteiger partial charge in [0.15, 0.2) is 0 Å². The van der Waals surface area contributed by atoms with Crippen LogP contribution in [0.4, 0.5) is 11.4 Å².